The number of alkyl halides is 5. The summed E-state index contributed by atoms with van der Waals surface area (Å²) in [6, 6.07) is 2.15. The van der Waals surface area contributed by atoms with E-state index < -0.39 is 39.2 Å². The molecule has 0 aliphatic heterocycles. The molecule has 2 N–H and O–H groups in total. The SMILES string of the molecule is CCS(=O)(=O)c1ccc(NC(=O)NC)nc1-c1nc2cc(C(F)(F)C(F)(F)F)nnc2n1C.[HH].[HH]. The van der Waals surface area contributed by atoms with Gasteiger partial charge in [-0.05, 0) is 18.2 Å². The fourth-order valence-electron chi connectivity index (χ4n) is 2.76. The highest BCUT2D eigenvalue weighted by molar-refractivity contribution is 7.91. The lowest BCUT2D eigenvalue weighted by Crippen LogP contribution is -2.34. The Kier molecular flexibility index (Phi) is 5.99. The van der Waals surface area contributed by atoms with Gasteiger partial charge >= 0.3 is 18.1 Å². The zero-order valence-electron chi connectivity index (χ0n) is 17.2. The Labute approximate surface area is 186 Å². The first-order valence-corrected chi connectivity index (χ1v) is 10.8. The first kappa shape index (κ1) is 24.2. The Bertz CT molecular complexity index is 1350. The summed E-state index contributed by atoms with van der Waals surface area (Å²) >= 11 is 0. The lowest BCUT2D eigenvalue weighted by molar-refractivity contribution is -0.291. The van der Waals surface area contributed by atoms with Crippen LogP contribution >= 0.6 is 0 Å². The number of fused-ring (bicyclic) bond motifs is 1. The zero-order chi connectivity index (χ0) is 24.8. The van der Waals surface area contributed by atoms with E-state index in [4.69, 9.17) is 0 Å². The van der Waals surface area contributed by atoms with Gasteiger partial charge in [-0.3, -0.25) is 5.32 Å². The highest BCUT2D eigenvalue weighted by atomic mass is 32.2. The molecule has 33 heavy (non-hydrogen) atoms. The first-order chi connectivity index (χ1) is 15.2. The maximum atomic E-state index is 13.7. The number of aromatic nitrogens is 5. The molecule has 10 nitrogen and oxygen atoms in total. The molecule has 0 fully saturated rings. The number of halogens is 5. The standard InChI is InChI=1S/C17H16F5N7O3S.2H2/c1-4-33(31,32)9-5-6-11(26-15(30)23-2)25-12(9)14-24-8-7-10(16(18,19)17(20,21)22)27-28-13(8)29(14)3;;/h5-7H,4H2,1-3H3,(H2,23,25,26,30);2*1H. The molecule has 0 radical (unpaired) electrons. The molecular formula is C17H20F5N7O3S. The van der Waals surface area contributed by atoms with Crippen molar-refractivity contribution < 1.29 is 38.0 Å². The van der Waals surface area contributed by atoms with Crippen molar-refractivity contribution in [1.29, 1.82) is 0 Å². The van der Waals surface area contributed by atoms with E-state index in [0.717, 1.165) is 4.57 Å². The van der Waals surface area contributed by atoms with Gasteiger partial charge in [-0.15, -0.1) is 10.2 Å². The molecular weight excluding hydrogens is 477 g/mol. The third-order valence-electron chi connectivity index (χ3n) is 4.55. The summed E-state index contributed by atoms with van der Waals surface area (Å²) in [5.41, 5.74) is -2.53. The average molecular weight is 497 g/mol. The first-order valence-electron chi connectivity index (χ1n) is 9.11. The molecule has 0 saturated carbocycles. The largest absolute Gasteiger partial charge is 0.459 e. The third-order valence-corrected chi connectivity index (χ3v) is 6.31. The number of nitrogens with one attached hydrogen (secondary N) is 2. The van der Waals surface area contributed by atoms with Gasteiger partial charge in [-0.25, -0.2) is 23.2 Å². The van der Waals surface area contributed by atoms with Crippen LogP contribution < -0.4 is 10.6 Å². The van der Waals surface area contributed by atoms with Crippen LogP contribution in [0.4, 0.5) is 32.6 Å². The van der Waals surface area contributed by atoms with E-state index in [9.17, 15) is 35.2 Å². The van der Waals surface area contributed by atoms with Crippen molar-refractivity contribution in [2.75, 3.05) is 18.1 Å². The summed E-state index contributed by atoms with van der Waals surface area (Å²) in [5.74, 6) is -5.88. The van der Waals surface area contributed by atoms with Crippen LogP contribution in [-0.4, -0.2) is 58.2 Å². The van der Waals surface area contributed by atoms with Crippen LogP contribution in [0.25, 0.3) is 22.7 Å². The van der Waals surface area contributed by atoms with Crippen LogP contribution in [0.5, 0.6) is 0 Å². The van der Waals surface area contributed by atoms with Gasteiger partial charge in [0, 0.05) is 16.9 Å². The highest BCUT2D eigenvalue weighted by Gasteiger charge is 2.60. The second-order valence-corrected chi connectivity index (χ2v) is 8.90. The van der Waals surface area contributed by atoms with E-state index in [1.807, 2.05) is 0 Å². The number of anilines is 1. The predicted octanol–water partition coefficient (Wildman–Crippen LogP) is 3.12. The number of sulfone groups is 1. The summed E-state index contributed by atoms with van der Waals surface area (Å²) < 4.78 is 91.8. The summed E-state index contributed by atoms with van der Waals surface area (Å²) in [6.07, 6.45) is -5.91. The van der Waals surface area contributed by atoms with Gasteiger partial charge in [0.15, 0.2) is 21.3 Å². The molecule has 0 spiro atoms. The molecule has 0 aliphatic rings. The summed E-state index contributed by atoms with van der Waals surface area (Å²) in [5, 5.41) is 11.0. The van der Waals surface area contributed by atoms with Crippen molar-refractivity contribution in [3.63, 3.8) is 0 Å². The second kappa shape index (κ2) is 8.17. The van der Waals surface area contributed by atoms with Crippen molar-refractivity contribution in [2.45, 2.75) is 23.9 Å². The smallest absolute Gasteiger partial charge is 0.341 e. The van der Waals surface area contributed by atoms with Crippen LogP contribution in [0.15, 0.2) is 23.1 Å². The molecule has 0 aromatic carbocycles. The van der Waals surface area contributed by atoms with Crippen molar-refractivity contribution in [1.82, 2.24) is 30.0 Å². The quantitative estimate of drug-likeness (QED) is 0.518. The predicted molar refractivity (Wildman–Crippen MR) is 110 cm³/mol. The average Bonchev–Trinajstić information content (AvgIpc) is 3.08. The minimum atomic E-state index is -5.91. The van der Waals surface area contributed by atoms with Crippen LogP contribution in [-0.2, 0) is 22.8 Å². The van der Waals surface area contributed by atoms with Crippen molar-refractivity contribution >= 4 is 32.9 Å². The van der Waals surface area contributed by atoms with Crippen LogP contribution in [0.1, 0.15) is 15.5 Å². The molecule has 2 amide bonds. The van der Waals surface area contributed by atoms with Gasteiger partial charge in [0.25, 0.3) is 0 Å². The molecule has 0 bridgehead atoms. The van der Waals surface area contributed by atoms with Gasteiger partial charge in [-0.2, -0.15) is 22.0 Å². The van der Waals surface area contributed by atoms with Gasteiger partial charge in [0.2, 0.25) is 0 Å². The maximum absolute atomic E-state index is 13.7. The molecule has 182 valence electrons. The lowest BCUT2D eigenvalue weighted by Gasteiger charge is -2.17. The van der Waals surface area contributed by atoms with E-state index in [1.165, 1.54) is 33.2 Å². The van der Waals surface area contributed by atoms with Crippen LogP contribution in [0, 0.1) is 0 Å². The summed E-state index contributed by atoms with van der Waals surface area (Å²) in [6.45, 7) is 1.38. The molecule has 16 heteroatoms. The van der Waals surface area contributed by atoms with Gasteiger partial charge in [0.1, 0.15) is 22.7 Å². The molecule has 0 unspecified atom stereocenters. The number of nitrogens with zero attached hydrogens (tertiary/aromatic N) is 5. The third kappa shape index (κ3) is 4.29. The Morgan fingerprint density at radius 3 is 2.39 bits per heavy atom. The number of carbonyl (C=O) groups excluding carboxylic acids is 1. The Hall–Kier alpha value is -3.43. The minimum absolute atomic E-state index is 0. The number of urea groups is 1. The monoisotopic (exact) mass is 497 g/mol. The number of hydrogen-bond donors (Lipinski definition) is 2. The second-order valence-electron chi connectivity index (χ2n) is 6.66. The Balaban J connectivity index is 0.00000306. The molecule has 3 aromatic rings. The molecule has 0 saturated heterocycles. The number of rotatable bonds is 5. The number of carbonyl (C=O) groups is 1. The Morgan fingerprint density at radius 1 is 1.15 bits per heavy atom. The normalized spacial score (nSPS) is 12.7. The number of pyridine rings is 1. The van der Waals surface area contributed by atoms with E-state index in [1.54, 1.807) is 0 Å². The zero-order valence-corrected chi connectivity index (χ0v) is 18.0. The van der Waals surface area contributed by atoms with E-state index in [-0.39, 0.29) is 36.5 Å². The molecule has 3 rings (SSSR count). The van der Waals surface area contributed by atoms with Crippen LogP contribution in [0.3, 0.4) is 0 Å². The fourth-order valence-corrected chi connectivity index (χ4v) is 3.78. The Morgan fingerprint density at radius 2 is 1.82 bits per heavy atom. The number of aryl methyl sites for hydroxylation is 1. The van der Waals surface area contributed by atoms with Gasteiger partial charge in [0.05, 0.1) is 10.6 Å². The molecule has 0 atom stereocenters. The molecule has 3 aromatic heterocycles. The van der Waals surface area contributed by atoms with E-state index >= 15 is 0 Å². The topological polar surface area (TPSA) is 132 Å². The van der Waals surface area contributed by atoms with E-state index in [0.29, 0.717) is 6.07 Å². The number of imidazole rings is 1. The van der Waals surface area contributed by atoms with Gasteiger partial charge in [-0.1, -0.05) is 6.92 Å². The fraction of sp³-hybridized carbons (Fsp3) is 0.353. The van der Waals surface area contributed by atoms with Crippen molar-refractivity contribution in [2.24, 2.45) is 7.05 Å². The lowest BCUT2D eigenvalue weighted by atomic mass is 10.2. The molecule has 0 aliphatic carbocycles. The van der Waals surface area contributed by atoms with Crippen LogP contribution in [0.2, 0.25) is 0 Å². The minimum Gasteiger partial charge on any atom is -0.341 e. The number of amides is 2. The van der Waals surface area contributed by atoms with Crippen molar-refractivity contribution in [3.8, 4) is 11.5 Å². The van der Waals surface area contributed by atoms with Crippen molar-refractivity contribution in [3.05, 3.63) is 23.9 Å². The highest BCUT2D eigenvalue weighted by Crippen LogP contribution is 2.43. The molecule has 3 heterocycles. The number of hydrogen-bond acceptors (Lipinski definition) is 7. The van der Waals surface area contributed by atoms with E-state index in [2.05, 4.69) is 30.8 Å². The van der Waals surface area contributed by atoms with Gasteiger partial charge < -0.3 is 9.88 Å². The maximum Gasteiger partial charge on any atom is 0.459 e. The summed E-state index contributed by atoms with van der Waals surface area (Å²) in [4.78, 5) is 19.4. The summed E-state index contributed by atoms with van der Waals surface area (Å²) in [7, 11) is -1.22.